The van der Waals surface area contributed by atoms with Crippen LogP contribution in [0.4, 0.5) is 0 Å². The Morgan fingerprint density at radius 2 is 1.80 bits per heavy atom. The summed E-state index contributed by atoms with van der Waals surface area (Å²) >= 11 is 12.2. The first kappa shape index (κ1) is 15.2. The molecule has 1 atom stereocenters. The summed E-state index contributed by atoms with van der Waals surface area (Å²) in [7, 11) is 1.66. The van der Waals surface area contributed by atoms with E-state index < -0.39 is 0 Å². The van der Waals surface area contributed by atoms with Gasteiger partial charge in [-0.2, -0.15) is 0 Å². The molecule has 0 aliphatic rings. The molecule has 0 aliphatic carbocycles. The molecule has 2 aromatic rings. The van der Waals surface area contributed by atoms with E-state index in [1.54, 1.807) is 13.2 Å². The summed E-state index contributed by atoms with van der Waals surface area (Å²) in [6, 6.07) is 13.4. The maximum atomic E-state index is 6.20. The van der Waals surface area contributed by atoms with E-state index in [-0.39, 0.29) is 6.04 Å². The van der Waals surface area contributed by atoms with Crippen molar-refractivity contribution in [2.24, 2.45) is 5.73 Å². The lowest BCUT2D eigenvalue weighted by molar-refractivity contribution is 0.414. The van der Waals surface area contributed by atoms with Crippen molar-refractivity contribution in [1.29, 1.82) is 0 Å². The predicted molar refractivity (Wildman–Crippen MR) is 84.7 cm³/mol. The van der Waals surface area contributed by atoms with Gasteiger partial charge in [0.15, 0.2) is 0 Å². The third kappa shape index (κ3) is 3.66. The minimum absolute atomic E-state index is 0.122. The molecule has 4 heteroatoms. The van der Waals surface area contributed by atoms with Crippen LogP contribution in [0.3, 0.4) is 0 Å². The first-order valence-electron chi connectivity index (χ1n) is 6.44. The molecule has 2 aromatic carbocycles. The Morgan fingerprint density at radius 1 is 1.10 bits per heavy atom. The van der Waals surface area contributed by atoms with Gasteiger partial charge in [-0.15, -0.1) is 0 Å². The van der Waals surface area contributed by atoms with Crippen LogP contribution < -0.4 is 10.5 Å². The van der Waals surface area contributed by atoms with Crippen LogP contribution in [0.5, 0.6) is 5.75 Å². The number of aryl methyl sites for hydroxylation is 1. The monoisotopic (exact) mass is 309 g/mol. The summed E-state index contributed by atoms with van der Waals surface area (Å²) in [5.41, 5.74) is 8.32. The van der Waals surface area contributed by atoms with Crippen LogP contribution in [-0.4, -0.2) is 7.11 Å². The normalized spacial score (nSPS) is 12.2. The highest BCUT2D eigenvalue weighted by Gasteiger charge is 2.12. The van der Waals surface area contributed by atoms with Crippen LogP contribution in [0, 0.1) is 0 Å². The van der Waals surface area contributed by atoms with Gasteiger partial charge in [0, 0.05) is 6.04 Å². The maximum Gasteiger partial charge on any atom is 0.118 e. The molecule has 0 fully saturated rings. The number of hydrogen-bond donors (Lipinski definition) is 1. The number of rotatable bonds is 5. The number of benzene rings is 2. The van der Waals surface area contributed by atoms with E-state index in [1.165, 1.54) is 5.56 Å². The largest absolute Gasteiger partial charge is 0.497 e. The van der Waals surface area contributed by atoms with E-state index in [9.17, 15) is 0 Å². The highest BCUT2D eigenvalue weighted by molar-refractivity contribution is 6.42. The van der Waals surface area contributed by atoms with Gasteiger partial charge in [-0.25, -0.2) is 0 Å². The van der Waals surface area contributed by atoms with Crippen LogP contribution in [0.25, 0.3) is 0 Å². The fraction of sp³-hybridized carbons (Fsp3) is 0.250. The second-order valence-electron chi connectivity index (χ2n) is 4.64. The van der Waals surface area contributed by atoms with Crippen molar-refractivity contribution < 1.29 is 4.74 Å². The predicted octanol–water partition coefficient (Wildman–Crippen LogP) is 4.63. The zero-order valence-corrected chi connectivity index (χ0v) is 12.8. The van der Waals surface area contributed by atoms with E-state index in [0.717, 1.165) is 24.2 Å². The van der Waals surface area contributed by atoms with Gasteiger partial charge in [0.25, 0.3) is 0 Å². The van der Waals surface area contributed by atoms with E-state index >= 15 is 0 Å². The molecule has 1 unspecified atom stereocenters. The smallest absolute Gasteiger partial charge is 0.118 e. The molecule has 2 N–H and O–H groups in total. The van der Waals surface area contributed by atoms with E-state index in [4.69, 9.17) is 33.7 Å². The first-order valence-corrected chi connectivity index (χ1v) is 7.20. The average molecular weight is 310 g/mol. The van der Waals surface area contributed by atoms with E-state index in [1.807, 2.05) is 36.4 Å². The van der Waals surface area contributed by atoms with Crippen molar-refractivity contribution >= 4 is 23.2 Å². The minimum Gasteiger partial charge on any atom is -0.497 e. The van der Waals surface area contributed by atoms with Gasteiger partial charge in [0.05, 0.1) is 17.2 Å². The van der Waals surface area contributed by atoms with Crippen molar-refractivity contribution in [2.75, 3.05) is 7.11 Å². The van der Waals surface area contributed by atoms with Gasteiger partial charge in [-0.3, -0.25) is 0 Å². The van der Waals surface area contributed by atoms with Gasteiger partial charge in [-0.1, -0.05) is 47.5 Å². The third-order valence-electron chi connectivity index (χ3n) is 3.28. The molecule has 0 saturated carbocycles. The fourth-order valence-electron chi connectivity index (χ4n) is 2.08. The zero-order chi connectivity index (χ0) is 14.5. The van der Waals surface area contributed by atoms with E-state index in [0.29, 0.717) is 10.0 Å². The minimum atomic E-state index is -0.122. The van der Waals surface area contributed by atoms with Crippen LogP contribution in [0.1, 0.15) is 23.6 Å². The zero-order valence-electron chi connectivity index (χ0n) is 11.3. The summed E-state index contributed by atoms with van der Waals surface area (Å²) in [6.45, 7) is 0. The maximum absolute atomic E-state index is 6.20. The molecule has 0 radical (unpaired) electrons. The van der Waals surface area contributed by atoms with Crippen molar-refractivity contribution in [3.05, 3.63) is 63.6 Å². The number of methoxy groups -OCH3 is 1. The SMILES string of the molecule is COc1ccc(CCC(N)c2cccc(Cl)c2Cl)cc1. The molecule has 0 amide bonds. The van der Waals surface area contributed by atoms with Gasteiger partial charge in [0.1, 0.15) is 5.75 Å². The molecule has 20 heavy (non-hydrogen) atoms. The lowest BCUT2D eigenvalue weighted by Crippen LogP contribution is -2.12. The first-order chi connectivity index (χ1) is 9.61. The Balaban J connectivity index is 2.00. The van der Waals surface area contributed by atoms with Gasteiger partial charge >= 0.3 is 0 Å². The Morgan fingerprint density at radius 3 is 2.45 bits per heavy atom. The molecule has 106 valence electrons. The Kier molecular flexibility index (Phi) is 5.30. The lowest BCUT2D eigenvalue weighted by Gasteiger charge is -2.14. The molecule has 0 spiro atoms. The molecule has 0 bridgehead atoms. The molecule has 0 aliphatic heterocycles. The molecule has 0 saturated heterocycles. The molecular formula is C16H17Cl2NO. The summed E-state index contributed by atoms with van der Waals surface area (Å²) in [5.74, 6) is 0.857. The summed E-state index contributed by atoms with van der Waals surface area (Å²) in [5, 5.41) is 1.10. The van der Waals surface area contributed by atoms with Crippen LogP contribution in [-0.2, 0) is 6.42 Å². The second-order valence-corrected chi connectivity index (χ2v) is 5.42. The fourth-order valence-corrected chi connectivity index (χ4v) is 2.52. The molecule has 2 rings (SSSR count). The van der Waals surface area contributed by atoms with E-state index in [2.05, 4.69) is 0 Å². The Bertz CT molecular complexity index is 569. The second kappa shape index (κ2) is 6.98. The van der Waals surface area contributed by atoms with Crippen molar-refractivity contribution in [1.82, 2.24) is 0 Å². The summed E-state index contributed by atoms with van der Waals surface area (Å²) in [4.78, 5) is 0. The average Bonchev–Trinajstić information content (AvgIpc) is 2.48. The van der Waals surface area contributed by atoms with Crippen molar-refractivity contribution in [2.45, 2.75) is 18.9 Å². The van der Waals surface area contributed by atoms with Crippen molar-refractivity contribution in [3.8, 4) is 5.75 Å². The van der Waals surface area contributed by atoms with Gasteiger partial charge in [0.2, 0.25) is 0 Å². The third-order valence-corrected chi connectivity index (χ3v) is 4.12. The quantitative estimate of drug-likeness (QED) is 0.873. The standard InChI is InChI=1S/C16H17Cl2NO/c1-20-12-8-5-11(6-9-12)7-10-15(19)13-3-2-4-14(17)16(13)18/h2-6,8-9,15H,7,10,19H2,1H3. The number of ether oxygens (including phenoxy) is 1. The number of hydrogen-bond acceptors (Lipinski definition) is 2. The molecule has 0 heterocycles. The van der Waals surface area contributed by atoms with Crippen LogP contribution in [0.15, 0.2) is 42.5 Å². The Hall–Kier alpha value is -1.22. The summed E-state index contributed by atoms with van der Waals surface area (Å²) < 4.78 is 5.14. The molecule has 2 nitrogen and oxygen atoms in total. The Labute approximate surface area is 129 Å². The highest BCUT2D eigenvalue weighted by atomic mass is 35.5. The topological polar surface area (TPSA) is 35.2 Å². The highest BCUT2D eigenvalue weighted by Crippen LogP contribution is 2.30. The van der Waals surface area contributed by atoms with Crippen molar-refractivity contribution in [3.63, 3.8) is 0 Å². The van der Waals surface area contributed by atoms with Crippen LogP contribution in [0.2, 0.25) is 10.0 Å². The number of nitrogens with two attached hydrogens (primary N) is 1. The summed E-state index contributed by atoms with van der Waals surface area (Å²) in [6.07, 6.45) is 1.69. The number of halogens is 2. The van der Waals surface area contributed by atoms with Crippen LogP contribution >= 0.6 is 23.2 Å². The molecular weight excluding hydrogens is 293 g/mol. The van der Waals surface area contributed by atoms with Gasteiger partial charge in [-0.05, 0) is 42.2 Å². The van der Waals surface area contributed by atoms with Gasteiger partial charge < -0.3 is 10.5 Å². The molecule has 0 aromatic heterocycles. The lowest BCUT2D eigenvalue weighted by atomic mass is 9.99.